The molecule has 0 bridgehead atoms. The van der Waals surface area contributed by atoms with E-state index in [0.717, 1.165) is 16.8 Å². The Morgan fingerprint density at radius 1 is 1.26 bits per heavy atom. The fourth-order valence-corrected chi connectivity index (χ4v) is 1.64. The molecule has 0 fully saturated rings. The van der Waals surface area contributed by atoms with Crippen molar-refractivity contribution in [1.29, 1.82) is 0 Å². The van der Waals surface area contributed by atoms with E-state index in [1.807, 2.05) is 38.3 Å². The minimum atomic E-state index is -0.320. The number of nitrogens with zero attached hydrogens (tertiary/aromatic N) is 1. The summed E-state index contributed by atoms with van der Waals surface area (Å²) >= 11 is 0. The van der Waals surface area contributed by atoms with Gasteiger partial charge >= 0.3 is 5.97 Å². The van der Waals surface area contributed by atoms with Crippen LogP contribution in [-0.4, -0.2) is 25.9 Å². The van der Waals surface area contributed by atoms with Crippen LogP contribution in [0, 0.1) is 0 Å². The smallest absolute Gasteiger partial charge is 0.337 e. The van der Waals surface area contributed by atoms with E-state index < -0.39 is 0 Å². The molecule has 0 aliphatic heterocycles. The molecule has 4 nitrogen and oxygen atoms in total. The number of carbonyl (C=O) groups excluding carboxylic acids is 1. The number of nitrogens with one attached hydrogen (secondary N) is 1. The summed E-state index contributed by atoms with van der Waals surface area (Å²) in [6.45, 7) is 0.664. The zero-order chi connectivity index (χ0) is 13.7. The summed E-state index contributed by atoms with van der Waals surface area (Å²) in [5.74, 6) is 0.516. The Bertz CT molecular complexity index is 553. The van der Waals surface area contributed by atoms with Crippen LogP contribution >= 0.6 is 0 Å². The van der Waals surface area contributed by atoms with Crippen LogP contribution in [0.15, 0.2) is 42.6 Å². The van der Waals surface area contributed by atoms with Gasteiger partial charge in [0, 0.05) is 12.7 Å². The number of pyridine rings is 1. The summed E-state index contributed by atoms with van der Waals surface area (Å²) in [5.41, 5.74) is 2.77. The Hall–Kier alpha value is -2.30. The van der Waals surface area contributed by atoms with Crippen LogP contribution in [0.3, 0.4) is 0 Å². The Morgan fingerprint density at radius 3 is 2.58 bits per heavy atom. The van der Waals surface area contributed by atoms with Crippen molar-refractivity contribution in [2.45, 2.75) is 6.54 Å². The highest BCUT2D eigenvalue weighted by atomic mass is 16.5. The Labute approximate surface area is 113 Å². The number of benzene rings is 1. The molecule has 2 rings (SSSR count). The number of anilines is 1. The normalized spacial score (nSPS) is 9.95. The van der Waals surface area contributed by atoms with E-state index in [4.69, 9.17) is 0 Å². The van der Waals surface area contributed by atoms with E-state index in [1.54, 1.807) is 12.1 Å². The fraction of sp³-hybridized carbons (Fsp3) is 0.143. The number of hydrogen-bond acceptors (Lipinski definition) is 4. The predicted octanol–water partition coefficient (Wildman–Crippen LogP) is 0.739. The van der Waals surface area contributed by atoms with Crippen molar-refractivity contribution in [3.8, 4) is 0 Å². The van der Waals surface area contributed by atoms with E-state index in [0.29, 0.717) is 12.1 Å². The van der Waals surface area contributed by atoms with Gasteiger partial charge in [-0.25, -0.2) is 9.78 Å². The summed E-state index contributed by atoms with van der Waals surface area (Å²) in [6, 6.07) is 11.3. The maximum Gasteiger partial charge on any atom is 0.337 e. The van der Waals surface area contributed by atoms with Gasteiger partial charge in [-0.05, 0) is 23.8 Å². The van der Waals surface area contributed by atoms with Crippen LogP contribution in [0.2, 0.25) is 0 Å². The first-order valence-electron chi connectivity index (χ1n) is 6.03. The van der Waals surface area contributed by atoms with Crippen molar-refractivity contribution in [3.63, 3.8) is 0 Å². The quantitative estimate of drug-likeness (QED) is 0.645. The maximum absolute atomic E-state index is 11.3. The molecule has 0 amide bonds. The molecule has 0 aliphatic carbocycles. The number of carbonyl (C=O) groups is 1. The number of ether oxygens (including phenoxy) is 1. The van der Waals surface area contributed by atoms with Crippen molar-refractivity contribution < 1.29 is 9.53 Å². The standard InChI is InChI=1S/C14H15BN2O2/c1-19-14(18)11-4-2-10(3-5-11)8-16-13-7-6-12(15)9-17-13/h2-7,9H,8,15H2,1H3,(H,16,17). The molecule has 0 atom stereocenters. The maximum atomic E-state index is 11.3. The molecule has 0 saturated heterocycles. The van der Waals surface area contributed by atoms with Gasteiger partial charge in [0.05, 0.1) is 12.7 Å². The summed E-state index contributed by atoms with van der Waals surface area (Å²) in [6.07, 6.45) is 1.82. The minimum Gasteiger partial charge on any atom is -0.465 e. The molecule has 1 N–H and O–H groups in total. The molecule has 96 valence electrons. The van der Waals surface area contributed by atoms with Crippen molar-refractivity contribution >= 4 is 25.1 Å². The molecular formula is C14H15BN2O2. The number of esters is 1. The first-order chi connectivity index (χ1) is 9.19. The lowest BCUT2D eigenvalue weighted by molar-refractivity contribution is 0.0600. The summed E-state index contributed by atoms with van der Waals surface area (Å²) in [7, 11) is 3.38. The van der Waals surface area contributed by atoms with Gasteiger partial charge in [-0.2, -0.15) is 0 Å². The summed E-state index contributed by atoms with van der Waals surface area (Å²) in [4.78, 5) is 15.6. The van der Waals surface area contributed by atoms with Crippen molar-refractivity contribution in [3.05, 3.63) is 53.7 Å². The fourth-order valence-electron chi connectivity index (χ4n) is 1.64. The van der Waals surface area contributed by atoms with Gasteiger partial charge in [0.2, 0.25) is 0 Å². The van der Waals surface area contributed by atoms with Crippen LogP contribution in [0.5, 0.6) is 0 Å². The van der Waals surface area contributed by atoms with E-state index in [9.17, 15) is 4.79 Å². The molecule has 19 heavy (non-hydrogen) atoms. The van der Waals surface area contributed by atoms with Crippen LogP contribution < -0.4 is 10.8 Å². The van der Waals surface area contributed by atoms with Gasteiger partial charge in [0.1, 0.15) is 13.7 Å². The molecule has 1 heterocycles. The van der Waals surface area contributed by atoms with Crippen LogP contribution in [0.1, 0.15) is 15.9 Å². The van der Waals surface area contributed by atoms with Crippen LogP contribution in [0.25, 0.3) is 0 Å². The molecule has 0 aliphatic rings. The molecular weight excluding hydrogens is 239 g/mol. The second-order valence-corrected chi connectivity index (χ2v) is 4.26. The highest BCUT2D eigenvalue weighted by Gasteiger charge is 2.04. The number of methoxy groups -OCH3 is 1. The second-order valence-electron chi connectivity index (χ2n) is 4.26. The molecule has 5 heteroatoms. The zero-order valence-corrected chi connectivity index (χ0v) is 11.0. The number of rotatable bonds is 4. The summed E-state index contributed by atoms with van der Waals surface area (Å²) < 4.78 is 4.65. The van der Waals surface area contributed by atoms with Gasteiger partial charge in [0.25, 0.3) is 0 Å². The second kappa shape index (κ2) is 6.04. The Morgan fingerprint density at radius 2 is 2.00 bits per heavy atom. The lowest BCUT2D eigenvalue weighted by atomic mass is 9.99. The number of hydrogen-bond donors (Lipinski definition) is 1. The van der Waals surface area contributed by atoms with Crippen molar-refractivity contribution in [2.24, 2.45) is 0 Å². The predicted molar refractivity (Wildman–Crippen MR) is 77.5 cm³/mol. The van der Waals surface area contributed by atoms with Crippen LogP contribution in [0.4, 0.5) is 5.82 Å². The lowest BCUT2D eigenvalue weighted by Crippen LogP contribution is -2.07. The number of aromatic nitrogens is 1. The minimum absolute atomic E-state index is 0.320. The van der Waals surface area contributed by atoms with Gasteiger partial charge < -0.3 is 10.1 Å². The zero-order valence-electron chi connectivity index (χ0n) is 11.0. The molecule has 0 unspecified atom stereocenters. The molecule has 0 radical (unpaired) electrons. The monoisotopic (exact) mass is 254 g/mol. The summed E-state index contributed by atoms with van der Waals surface area (Å²) in [5, 5.41) is 3.22. The molecule has 1 aromatic carbocycles. The average Bonchev–Trinajstić information content (AvgIpc) is 2.46. The van der Waals surface area contributed by atoms with E-state index in [-0.39, 0.29) is 5.97 Å². The molecule has 0 saturated carbocycles. The lowest BCUT2D eigenvalue weighted by Gasteiger charge is -2.06. The van der Waals surface area contributed by atoms with E-state index in [2.05, 4.69) is 15.0 Å². The van der Waals surface area contributed by atoms with Gasteiger partial charge in [-0.3, -0.25) is 0 Å². The third-order valence-corrected chi connectivity index (χ3v) is 2.76. The SMILES string of the molecule is Bc1ccc(NCc2ccc(C(=O)OC)cc2)nc1. The van der Waals surface area contributed by atoms with E-state index >= 15 is 0 Å². The average molecular weight is 254 g/mol. The Kier molecular flexibility index (Phi) is 4.18. The van der Waals surface area contributed by atoms with E-state index in [1.165, 1.54) is 7.11 Å². The third kappa shape index (κ3) is 3.58. The third-order valence-electron chi connectivity index (χ3n) is 2.76. The van der Waals surface area contributed by atoms with Gasteiger partial charge in [0.15, 0.2) is 0 Å². The highest BCUT2D eigenvalue weighted by Crippen LogP contribution is 2.08. The first kappa shape index (κ1) is 13.1. The molecule has 2 aromatic rings. The van der Waals surface area contributed by atoms with Gasteiger partial charge in [-0.1, -0.05) is 23.7 Å². The van der Waals surface area contributed by atoms with Crippen LogP contribution in [-0.2, 0) is 11.3 Å². The van der Waals surface area contributed by atoms with Gasteiger partial charge in [-0.15, -0.1) is 0 Å². The first-order valence-corrected chi connectivity index (χ1v) is 6.03. The highest BCUT2D eigenvalue weighted by molar-refractivity contribution is 6.32. The molecule has 0 spiro atoms. The van der Waals surface area contributed by atoms with Crippen molar-refractivity contribution in [1.82, 2.24) is 4.98 Å². The Balaban J connectivity index is 1.96. The molecule has 1 aromatic heterocycles. The van der Waals surface area contributed by atoms with Crippen molar-refractivity contribution in [2.75, 3.05) is 12.4 Å². The largest absolute Gasteiger partial charge is 0.465 e. The topological polar surface area (TPSA) is 51.2 Å².